The van der Waals surface area contributed by atoms with Crippen molar-refractivity contribution in [3.05, 3.63) is 0 Å². The standard InChI is InChI=1S/C7H13NO6/c8-6(12)7(13)1-3(10)5(11)4(2-9)14-7/h3-5,9-11,13H,1-2H2,(H2,8,12)/t3-,4-,5+,7+/m1/s1. The molecule has 82 valence electrons. The van der Waals surface area contributed by atoms with Crippen LogP contribution in [0.15, 0.2) is 0 Å². The van der Waals surface area contributed by atoms with E-state index in [2.05, 4.69) is 4.74 Å². The summed E-state index contributed by atoms with van der Waals surface area (Å²) >= 11 is 0. The van der Waals surface area contributed by atoms with Crippen LogP contribution in [-0.2, 0) is 9.53 Å². The summed E-state index contributed by atoms with van der Waals surface area (Å²) in [5.74, 6) is -3.49. The number of primary amides is 1. The van der Waals surface area contributed by atoms with E-state index in [-0.39, 0.29) is 0 Å². The molecule has 0 unspecified atom stereocenters. The molecular weight excluding hydrogens is 194 g/mol. The Morgan fingerprint density at radius 2 is 2.14 bits per heavy atom. The minimum Gasteiger partial charge on any atom is -0.394 e. The van der Waals surface area contributed by atoms with Crippen LogP contribution in [0.1, 0.15) is 6.42 Å². The number of rotatable bonds is 2. The van der Waals surface area contributed by atoms with E-state index in [1.807, 2.05) is 0 Å². The number of hydrogen-bond acceptors (Lipinski definition) is 6. The number of nitrogens with two attached hydrogens (primary N) is 1. The van der Waals surface area contributed by atoms with Gasteiger partial charge in [-0.15, -0.1) is 0 Å². The van der Waals surface area contributed by atoms with Gasteiger partial charge >= 0.3 is 0 Å². The molecule has 1 heterocycles. The van der Waals surface area contributed by atoms with Crippen LogP contribution in [0.25, 0.3) is 0 Å². The zero-order chi connectivity index (χ0) is 10.9. The summed E-state index contributed by atoms with van der Waals surface area (Å²) in [6, 6.07) is 0. The van der Waals surface area contributed by atoms with Crippen molar-refractivity contribution >= 4 is 5.91 Å². The number of aliphatic hydroxyl groups is 4. The largest absolute Gasteiger partial charge is 0.394 e. The first kappa shape index (κ1) is 11.3. The lowest BCUT2D eigenvalue weighted by molar-refractivity contribution is -0.288. The summed E-state index contributed by atoms with van der Waals surface area (Å²) in [6.07, 6.45) is -4.45. The Labute approximate surface area is 79.7 Å². The quantitative estimate of drug-likeness (QED) is 0.321. The molecule has 1 aliphatic heterocycles. The normalized spacial score (nSPS) is 43.6. The number of carbonyl (C=O) groups is 1. The Kier molecular flexibility index (Phi) is 3.07. The molecule has 0 aliphatic carbocycles. The maximum Gasteiger partial charge on any atom is 0.277 e. The highest BCUT2D eigenvalue weighted by molar-refractivity contribution is 5.81. The molecule has 0 aromatic heterocycles. The number of hydrogen-bond donors (Lipinski definition) is 5. The van der Waals surface area contributed by atoms with E-state index in [4.69, 9.17) is 10.8 Å². The third-order valence-corrected chi connectivity index (χ3v) is 2.17. The Morgan fingerprint density at radius 1 is 1.57 bits per heavy atom. The highest BCUT2D eigenvalue weighted by Crippen LogP contribution is 2.26. The van der Waals surface area contributed by atoms with Crippen LogP contribution in [0, 0.1) is 0 Å². The molecule has 0 radical (unpaired) electrons. The molecule has 1 saturated heterocycles. The number of ether oxygens (including phenoxy) is 1. The average molecular weight is 207 g/mol. The fourth-order valence-corrected chi connectivity index (χ4v) is 1.32. The monoisotopic (exact) mass is 207 g/mol. The predicted octanol–water partition coefficient (Wildman–Crippen LogP) is -3.34. The lowest BCUT2D eigenvalue weighted by Gasteiger charge is -2.39. The van der Waals surface area contributed by atoms with E-state index in [0.29, 0.717) is 0 Å². The molecule has 7 heteroatoms. The summed E-state index contributed by atoms with van der Waals surface area (Å²) in [5, 5.41) is 36.7. The third-order valence-electron chi connectivity index (χ3n) is 2.17. The van der Waals surface area contributed by atoms with Gasteiger partial charge in [-0.2, -0.15) is 0 Å². The molecule has 1 rings (SSSR count). The molecule has 14 heavy (non-hydrogen) atoms. The molecule has 0 bridgehead atoms. The lowest BCUT2D eigenvalue weighted by Crippen LogP contribution is -2.60. The molecule has 0 aromatic rings. The first-order valence-electron chi connectivity index (χ1n) is 4.08. The van der Waals surface area contributed by atoms with E-state index in [1.165, 1.54) is 0 Å². The van der Waals surface area contributed by atoms with E-state index in [9.17, 15) is 20.1 Å². The Balaban J connectivity index is 2.81. The van der Waals surface area contributed by atoms with Crippen molar-refractivity contribution in [2.75, 3.05) is 6.61 Å². The zero-order valence-electron chi connectivity index (χ0n) is 7.33. The van der Waals surface area contributed by atoms with E-state index in [0.717, 1.165) is 0 Å². The minimum absolute atomic E-state index is 0.514. The SMILES string of the molecule is NC(=O)[C@]1(O)C[C@@H](O)[C@H](O)[C@@H](CO)O1. The molecule has 7 nitrogen and oxygen atoms in total. The van der Waals surface area contributed by atoms with Crippen molar-refractivity contribution in [2.45, 2.75) is 30.5 Å². The first-order valence-corrected chi connectivity index (χ1v) is 4.08. The second-order valence-electron chi connectivity index (χ2n) is 3.25. The van der Waals surface area contributed by atoms with Gasteiger partial charge in [-0.25, -0.2) is 0 Å². The fraction of sp³-hybridized carbons (Fsp3) is 0.857. The highest BCUT2D eigenvalue weighted by Gasteiger charge is 2.48. The maximum atomic E-state index is 10.8. The van der Waals surface area contributed by atoms with Gasteiger partial charge in [0.1, 0.15) is 12.2 Å². The topological polar surface area (TPSA) is 133 Å². The van der Waals surface area contributed by atoms with Gasteiger partial charge in [-0.3, -0.25) is 4.79 Å². The van der Waals surface area contributed by atoms with Gasteiger partial charge < -0.3 is 30.9 Å². The Morgan fingerprint density at radius 3 is 2.57 bits per heavy atom. The van der Waals surface area contributed by atoms with Crippen LogP contribution in [0.2, 0.25) is 0 Å². The van der Waals surface area contributed by atoms with Crippen molar-refractivity contribution in [2.24, 2.45) is 5.73 Å². The van der Waals surface area contributed by atoms with Crippen LogP contribution in [0.5, 0.6) is 0 Å². The van der Waals surface area contributed by atoms with Crippen LogP contribution in [0.4, 0.5) is 0 Å². The summed E-state index contributed by atoms with van der Waals surface area (Å²) in [4.78, 5) is 10.8. The molecule has 1 fully saturated rings. The van der Waals surface area contributed by atoms with Crippen molar-refractivity contribution < 1.29 is 30.0 Å². The second-order valence-corrected chi connectivity index (χ2v) is 3.25. The van der Waals surface area contributed by atoms with Gasteiger partial charge in [0, 0.05) is 6.42 Å². The van der Waals surface area contributed by atoms with Gasteiger partial charge in [0.25, 0.3) is 5.91 Å². The second kappa shape index (κ2) is 3.79. The Hall–Kier alpha value is -0.730. The van der Waals surface area contributed by atoms with Crippen molar-refractivity contribution in [1.82, 2.24) is 0 Å². The van der Waals surface area contributed by atoms with Gasteiger partial charge in [-0.05, 0) is 0 Å². The number of aliphatic hydroxyl groups excluding tert-OH is 3. The predicted molar refractivity (Wildman–Crippen MR) is 42.7 cm³/mol. The zero-order valence-corrected chi connectivity index (χ0v) is 7.33. The van der Waals surface area contributed by atoms with Crippen LogP contribution < -0.4 is 5.73 Å². The van der Waals surface area contributed by atoms with E-state index < -0.39 is 43.0 Å². The smallest absolute Gasteiger partial charge is 0.277 e. The molecule has 0 spiro atoms. The summed E-state index contributed by atoms with van der Waals surface area (Å²) in [6.45, 7) is -0.631. The molecule has 1 amide bonds. The number of carbonyl (C=O) groups excluding carboxylic acids is 1. The van der Waals surface area contributed by atoms with Gasteiger partial charge in [0.2, 0.25) is 5.79 Å². The maximum absolute atomic E-state index is 10.8. The van der Waals surface area contributed by atoms with Gasteiger partial charge in [0.05, 0.1) is 12.7 Å². The third kappa shape index (κ3) is 1.86. The van der Waals surface area contributed by atoms with Gasteiger partial charge in [-0.1, -0.05) is 0 Å². The fourth-order valence-electron chi connectivity index (χ4n) is 1.32. The first-order chi connectivity index (χ1) is 6.40. The van der Waals surface area contributed by atoms with Gasteiger partial charge in [0.15, 0.2) is 0 Å². The van der Waals surface area contributed by atoms with E-state index in [1.54, 1.807) is 0 Å². The minimum atomic E-state index is -2.33. The Bertz CT molecular complexity index is 234. The van der Waals surface area contributed by atoms with Crippen LogP contribution >= 0.6 is 0 Å². The lowest BCUT2D eigenvalue weighted by atomic mass is 9.95. The molecule has 0 saturated carbocycles. The van der Waals surface area contributed by atoms with E-state index >= 15 is 0 Å². The molecule has 4 atom stereocenters. The molecular formula is C7H13NO6. The van der Waals surface area contributed by atoms with Crippen molar-refractivity contribution in [1.29, 1.82) is 0 Å². The molecule has 1 aliphatic rings. The van der Waals surface area contributed by atoms with Crippen LogP contribution in [0.3, 0.4) is 0 Å². The number of amides is 1. The van der Waals surface area contributed by atoms with Crippen LogP contribution in [-0.4, -0.2) is 57.0 Å². The van der Waals surface area contributed by atoms with Crippen molar-refractivity contribution in [3.8, 4) is 0 Å². The average Bonchev–Trinajstić information content (AvgIpc) is 2.11. The highest BCUT2D eigenvalue weighted by atomic mass is 16.7. The summed E-state index contributed by atoms with van der Waals surface area (Å²) in [5.41, 5.74) is 4.84. The van der Waals surface area contributed by atoms with Crippen molar-refractivity contribution in [3.63, 3.8) is 0 Å². The summed E-state index contributed by atoms with van der Waals surface area (Å²) in [7, 11) is 0. The molecule has 6 N–H and O–H groups in total. The summed E-state index contributed by atoms with van der Waals surface area (Å²) < 4.78 is 4.69. The molecule has 0 aromatic carbocycles.